The summed E-state index contributed by atoms with van der Waals surface area (Å²) in [6, 6.07) is 10.3. The first-order valence-corrected chi connectivity index (χ1v) is 9.37. The lowest BCUT2D eigenvalue weighted by Crippen LogP contribution is -2.13. The van der Waals surface area contributed by atoms with Crippen molar-refractivity contribution in [3.05, 3.63) is 69.8 Å². The molecule has 9 heteroatoms. The smallest absolute Gasteiger partial charge is 0.339 e. The fourth-order valence-corrected chi connectivity index (χ4v) is 3.23. The normalized spacial score (nSPS) is 15.3. The van der Waals surface area contributed by atoms with Crippen LogP contribution < -0.4 is 10.9 Å². The van der Waals surface area contributed by atoms with Crippen LogP contribution >= 0.6 is 0 Å². The van der Waals surface area contributed by atoms with Gasteiger partial charge in [-0.1, -0.05) is 0 Å². The summed E-state index contributed by atoms with van der Waals surface area (Å²) in [4.78, 5) is 44.3. The minimum absolute atomic E-state index is 0.170. The van der Waals surface area contributed by atoms with Crippen molar-refractivity contribution in [2.45, 2.75) is 19.8 Å². The second-order valence-electron chi connectivity index (χ2n) is 6.74. The fraction of sp³-hybridized carbons (Fsp3) is 0.190. The average molecular weight is 405 g/mol. The Morgan fingerprint density at radius 1 is 1.27 bits per heavy atom. The third-order valence-electron chi connectivity index (χ3n) is 4.68. The number of amides is 1. The van der Waals surface area contributed by atoms with Gasteiger partial charge in [-0.15, -0.1) is 0 Å². The van der Waals surface area contributed by atoms with Crippen molar-refractivity contribution in [2.75, 3.05) is 11.9 Å². The van der Waals surface area contributed by atoms with Gasteiger partial charge in [-0.05, 0) is 44.2 Å². The first-order valence-electron chi connectivity index (χ1n) is 9.37. The number of aromatic amines is 1. The van der Waals surface area contributed by atoms with E-state index in [1.54, 1.807) is 29.8 Å². The highest BCUT2D eigenvalue weighted by Crippen LogP contribution is 2.31. The number of hydrogen-bond donors (Lipinski definition) is 2. The molecule has 0 radical (unpaired) electrons. The molecule has 1 unspecified atom stereocenters. The molecular formula is C21H19N5O4. The van der Waals surface area contributed by atoms with Gasteiger partial charge in [0.05, 0.1) is 23.5 Å². The Morgan fingerprint density at radius 3 is 2.70 bits per heavy atom. The number of rotatable bonds is 5. The Morgan fingerprint density at radius 2 is 2.03 bits per heavy atom. The molecule has 30 heavy (non-hydrogen) atoms. The number of benzene rings is 1. The Bertz CT molecular complexity index is 1210. The van der Waals surface area contributed by atoms with Crippen molar-refractivity contribution in [3.8, 4) is 5.69 Å². The zero-order valence-electron chi connectivity index (χ0n) is 16.4. The van der Waals surface area contributed by atoms with Crippen molar-refractivity contribution in [2.24, 2.45) is 4.99 Å². The zero-order chi connectivity index (χ0) is 21.3. The van der Waals surface area contributed by atoms with Gasteiger partial charge in [-0.2, -0.15) is 0 Å². The molecule has 1 aliphatic heterocycles. The van der Waals surface area contributed by atoms with Gasteiger partial charge in [-0.25, -0.2) is 9.78 Å². The number of H-pyrrole nitrogens is 1. The number of ether oxygens (including phenoxy) is 1. The Kier molecular flexibility index (Phi) is 5.01. The predicted molar refractivity (Wildman–Crippen MR) is 111 cm³/mol. The summed E-state index contributed by atoms with van der Waals surface area (Å²) in [6.07, 6.45) is 2.90. The van der Waals surface area contributed by atoms with Crippen LogP contribution in [0.2, 0.25) is 0 Å². The zero-order valence-corrected chi connectivity index (χ0v) is 16.4. The summed E-state index contributed by atoms with van der Waals surface area (Å²) < 4.78 is 6.67. The number of anilines is 1. The lowest BCUT2D eigenvalue weighted by atomic mass is 10.0. The highest BCUT2D eigenvalue weighted by atomic mass is 16.5. The molecule has 9 nitrogen and oxygen atoms in total. The van der Waals surface area contributed by atoms with Gasteiger partial charge in [0, 0.05) is 29.7 Å². The minimum Gasteiger partial charge on any atom is -0.462 e. The third kappa shape index (κ3) is 3.64. The Labute approximate surface area is 171 Å². The van der Waals surface area contributed by atoms with Gasteiger partial charge in [0.2, 0.25) is 5.91 Å². The molecule has 1 atom stereocenters. The lowest BCUT2D eigenvalue weighted by molar-refractivity contribution is -0.115. The molecule has 1 aliphatic rings. The number of hydrogen-bond acceptors (Lipinski definition) is 6. The standard InChI is InChI=1S/C21H19N5O4/c1-3-30-21(29)13-9-16-17(20(28)24-19(16)23-10-13)11-22-14-4-6-15(7-5-14)26-12(2)8-18(27)25-26/h4-11,17H,3H2,1-2H3,(H,25,27)(H,23,24,28). The maximum Gasteiger partial charge on any atom is 0.339 e. The lowest BCUT2D eigenvalue weighted by Gasteiger charge is -2.06. The van der Waals surface area contributed by atoms with E-state index < -0.39 is 11.9 Å². The number of aliphatic imine (C=N–C) groups is 1. The van der Waals surface area contributed by atoms with Crippen molar-refractivity contribution < 1.29 is 14.3 Å². The van der Waals surface area contributed by atoms with E-state index in [9.17, 15) is 14.4 Å². The number of aryl methyl sites for hydroxylation is 1. The summed E-state index contributed by atoms with van der Waals surface area (Å²) >= 11 is 0. The highest BCUT2D eigenvalue weighted by Gasteiger charge is 2.31. The summed E-state index contributed by atoms with van der Waals surface area (Å²) in [6.45, 7) is 3.81. The van der Waals surface area contributed by atoms with E-state index in [4.69, 9.17) is 4.74 Å². The maximum absolute atomic E-state index is 12.3. The van der Waals surface area contributed by atoms with E-state index >= 15 is 0 Å². The topological polar surface area (TPSA) is 118 Å². The monoisotopic (exact) mass is 405 g/mol. The van der Waals surface area contributed by atoms with Gasteiger partial charge in [0.15, 0.2) is 0 Å². The molecule has 0 spiro atoms. The van der Waals surface area contributed by atoms with Crippen LogP contribution in [-0.4, -0.2) is 39.5 Å². The molecule has 2 aromatic heterocycles. The second-order valence-corrected chi connectivity index (χ2v) is 6.74. The number of nitrogens with one attached hydrogen (secondary N) is 2. The van der Waals surface area contributed by atoms with E-state index in [2.05, 4.69) is 20.4 Å². The van der Waals surface area contributed by atoms with E-state index in [1.807, 2.05) is 19.1 Å². The SMILES string of the molecule is CCOC(=O)c1cnc2c(c1)C(C=Nc1ccc(-n3[nH]c(=O)cc3C)cc1)C(=O)N2. The largest absolute Gasteiger partial charge is 0.462 e. The number of pyridine rings is 1. The molecule has 0 saturated carbocycles. The minimum atomic E-state index is -0.662. The molecule has 0 fully saturated rings. The maximum atomic E-state index is 12.3. The summed E-state index contributed by atoms with van der Waals surface area (Å²) in [5, 5.41) is 5.41. The Hall–Kier alpha value is -4.01. The quantitative estimate of drug-likeness (QED) is 0.499. The van der Waals surface area contributed by atoms with Crippen LogP contribution in [0.5, 0.6) is 0 Å². The molecule has 2 N–H and O–H groups in total. The van der Waals surface area contributed by atoms with Crippen LogP contribution in [0.25, 0.3) is 5.69 Å². The third-order valence-corrected chi connectivity index (χ3v) is 4.68. The van der Waals surface area contributed by atoms with Gasteiger partial charge in [-0.3, -0.25) is 24.4 Å². The number of esters is 1. The fourth-order valence-electron chi connectivity index (χ4n) is 3.23. The predicted octanol–water partition coefficient (Wildman–Crippen LogP) is 2.48. The molecular weight excluding hydrogens is 386 g/mol. The average Bonchev–Trinajstić information content (AvgIpc) is 3.23. The number of nitrogens with zero attached hydrogens (tertiary/aromatic N) is 3. The first kappa shape index (κ1) is 19.3. The van der Waals surface area contributed by atoms with Crippen LogP contribution in [0.15, 0.2) is 52.4 Å². The number of carbonyl (C=O) groups is 2. The second kappa shape index (κ2) is 7.78. The molecule has 0 saturated heterocycles. The number of carbonyl (C=O) groups excluding carboxylic acids is 2. The van der Waals surface area contributed by atoms with Gasteiger partial charge >= 0.3 is 5.97 Å². The van der Waals surface area contributed by atoms with E-state index in [0.29, 0.717) is 17.1 Å². The van der Waals surface area contributed by atoms with E-state index in [0.717, 1.165) is 11.4 Å². The van der Waals surface area contributed by atoms with Crippen LogP contribution in [0, 0.1) is 6.92 Å². The van der Waals surface area contributed by atoms with Crippen molar-refractivity contribution in [3.63, 3.8) is 0 Å². The molecule has 1 aromatic carbocycles. The van der Waals surface area contributed by atoms with E-state index in [1.165, 1.54) is 18.5 Å². The van der Waals surface area contributed by atoms with Gasteiger partial charge < -0.3 is 10.1 Å². The molecule has 0 bridgehead atoms. The van der Waals surface area contributed by atoms with Gasteiger partial charge in [0.25, 0.3) is 5.56 Å². The first-order chi connectivity index (χ1) is 14.5. The highest BCUT2D eigenvalue weighted by molar-refractivity contribution is 6.12. The Balaban J connectivity index is 1.57. The van der Waals surface area contributed by atoms with Crippen LogP contribution in [-0.2, 0) is 9.53 Å². The summed E-state index contributed by atoms with van der Waals surface area (Å²) in [5.74, 6) is -1.01. The molecule has 152 valence electrons. The number of aromatic nitrogens is 3. The van der Waals surface area contributed by atoms with Crippen LogP contribution in [0.4, 0.5) is 11.5 Å². The molecule has 1 amide bonds. The summed E-state index contributed by atoms with van der Waals surface area (Å²) in [7, 11) is 0. The van der Waals surface area contributed by atoms with Crippen LogP contribution in [0.3, 0.4) is 0 Å². The van der Waals surface area contributed by atoms with Crippen LogP contribution in [0.1, 0.15) is 34.5 Å². The molecule has 3 aromatic rings. The molecule has 4 rings (SSSR count). The van der Waals surface area contributed by atoms with Crippen molar-refractivity contribution in [1.29, 1.82) is 0 Å². The number of fused-ring (bicyclic) bond motifs is 1. The molecule has 0 aliphatic carbocycles. The van der Waals surface area contributed by atoms with Crippen molar-refractivity contribution in [1.82, 2.24) is 14.8 Å². The van der Waals surface area contributed by atoms with Gasteiger partial charge in [0.1, 0.15) is 11.7 Å². The van der Waals surface area contributed by atoms with Crippen molar-refractivity contribution >= 4 is 29.6 Å². The molecule has 3 heterocycles. The summed E-state index contributed by atoms with van der Waals surface area (Å²) in [5.41, 5.74) is 2.91. The van der Waals surface area contributed by atoms with E-state index in [-0.39, 0.29) is 23.6 Å².